The van der Waals surface area contributed by atoms with E-state index in [1.807, 2.05) is 0 Å². The summed E-state index contributed by atoms with van der Waals surface area (Å²) in [5, 5.41) is 0. The maximum atomic E-state index is 12.7. The van der Waals surface area contributed by atoms with E-state index in [4.69, 9.17) is 5.73 Å². The Kier molecular flexibility index (Phi) is 2.61. The zero-order valence-electron chi connectivity index (χ0n) is 4.61. The number of anilines is 1. The molecule has 0 radical (unpaired) electrons. The first kappa shape index (κ1) is 8.37. The molecule has 1 aromatic rings. The van der Waals surface area contributed by atoms with Crippen molar-refractivity contribution in [3.8, 4) is 0 Å². The second-order valence-corrected chi connectivity index (χ2v) is 3.52. The van der Waals surface area contributed by atoms with Crippen LogP contribution in [0.25, 0.3) is 0 Å². The summed E-state index contributed by atoms with van der Waals surface area (Å²) in [6.45, 7) is 0. The molecule has 0 aliphatic carbocycles. The largest absolute Gasteiger partial charge is 0.368 e. The summed E-state index contributed by atoms with van der Waals surface area (Å²) in [7, 11) is 0. The van der Waals surface area contributed by atoms with Crippen LogP contribution in [0.5, 0.6) is 0 Å². The Hall–Kier alpha value is 0.270. The van der Waals surface area contributed by atoms with Crippen LogP contribution in [0.1, 0.15) is 0 Å². The molecule has 1 heterocycles. The number of halogens is 3. The third-order valence-electron chi connectivity index (χ3n) is 0.788. The average Bonchev–Trinajstić information content (AvgIpc) is 1.82. The highest BCUT2D eigenvalue weighted by Gasteiger charge is 2.06. The molecule has 6 heteroatoms. The second kappa shape index (κ2) is 3.11. The van der Waals surface area contributed by atoms with Crippen molar-refractivity contribution in [3.05, 3.63) is 13.2 Å². The van der Waals surface area contributed by atoms with E-state index in [0.717, 1.165) is 0 Å². The van der Waals surface area contributed by atoms with Crippen LogP contribution in [0.15, 0.2) is 0 Å². The molecule has 0 unspecified atom stereocenters. The zero-order chi connectivity index (χ0) is 7.72. The van der Waals surface area contributed by atoms with Gasteiger partial charge in [0.25, 0.3) is 0 Å². The van der Waals surface area contributed by atoms with Crippen molar-refractivity contribution < 1.29 is 4.39 Å². The van der Waals surface area contributed by atoms with Crippen LogP contribution in [0.4, 0.5) is 10.3 Å². The SMILES string of the molecule is Nc1nc(I)c(F)c(I)n1. The molecule has 1 aromatic heterocycles. The van der Waals surface area contributed by atoms with E-state index in [1.165, 1.54) is 0 Å². The number of nitrogens with two attached hydrogens (primary N) is 1. The summed E-state index contributed by atoms with van der Waals surface area (Å²) in [6.07, 6.45) is 0. The molecule has 0 aromatic carbocycles. The van der Waals surface area contributed by atoms with Gasteiger partial charge in [-0.3, -0.25) is 0 Å². The van der Waals surface area contributed by atoms with E-state index in [1.54, 1.807) is 45.2 Å². The van der Waals surface area contributed by atoms with Gasteiger partial charge in [-0.15, -0.1) is 0 Å². The number of rotatable bonds is 0. The van der Waals surface area contributed by atoms with Gasteiger partial charge in [-0.25, -0.2) is 14.4 Å². The summed E-state index contributed by atoms with van der Waals surface area (Å²) in [4.78, 5) is 7.22. The van der Waals surface area contributed by atoms with E-state index >= 15 is 0 Å². The molecule has 0 aliphatic heterocycles. The molecule has 3 nitrogen and oxygen atoms in total. The maximum absolute atomic E-state index is 12.7. The van der Waals surface area contributed by atoms with Gasteiger partial charge in [-0.05, 0) is 45.2 Å². The minimum atomic E-state index is -0.407. The molecule has 54 valence electrons. The molecule has 0 saturated carbocycles. The highest BCUT2D eigenvalue weighted by atomic mass is 127. The molecule has 0 saturated heterocycles. The fourth-order valence-electron chi connectivity index (χ4n) is 0.409. The van der Waals surface area contributed by atoms with Crippen molar-refractivity contribution in [2.24, 2.45) is 0 Å². The quantitative estimate of drug-likeness (QED) is 0.559. The van der Waals surface area contributed by atoms with Crippen molar-refractivity contribution in [1.82, 2.24) is 9.97 Å². The van der Waals surface area contributed by atoms with Crippen LogP contribution in [0, 0.1) is 13.2 Å². The molecular formula is C4H2FI2N3. The van der Waals surface area contributed by atoms with E-state index in [0.29, 0.717) is 0 Å². The lowest BCUT2D eigenvalue weighted by Gasteiger charge is -1.96. The average molecular weight is 365 g/mol. The van der Waals surface area contributed by atoms with Gasteiger partial charge in [-0.2, -0.15) is 0 Å². The predicted molar refractivity (Wildman–Crippen MR) is 51.8 cm³/mol. The van der Waals surface area contributed by atoms with E-state index in [-0.39, 0.29) is 13.3 Å². The van der Waals surface area contributed by atoms with E-state index in [9.17, 15) is 4.39 Å². The zero-order valence-corrected chi connectivity index (χ0v) is 8.92. The van der Waals surface area contributed by atoms with Gasteiger partial charge < -0.3 is 5.73 Å². The third kappa shape index (κ3) is 1.65. The molecule has 0 spiro atoms. The summed E-state index contributed by atoms with van der Waals surface area (Å²) >= 11 is 3.53. The fourth-order valence-corrected chi connectivity index (χ4v) is 1.93. The standard InChI is InChI=1S/C4H2FI2N3/c5-1-2(6)9-4(8)10-3(1)7/h(H2,8,9,10). The van der Waals surface area contributed by atoms with Crippen molar-refractivity contribution >= 4 is 51.1 Å². The molecule has 1 rings (SSSR count). The van der Waals surface area contributed by atoms with E-state index < -0.39 is 5.82 Å². The summed E-state index contributed by atoms with van der Waals surface area (Å²) < 4.78 is 13.2. The van der Waals surface area contributed by atoms with Crippen LogP contribution in [0.2, 0.25) is 0 Å². The van der Waals surface area contributed by atoms with Gasteiger partial charge in [0.1, 0.15) is 7.40 Å². The number of nitrogens with zero attached hydrogens (tertiary/aromatic N) is 2. The van der Waals surface area contributed by atoms with Crippen molar-refractivity contribution in [2.45, 2.75) is 0 Å². The van der Waals surface area contributed by atoms with Crippen molar-refractivity contribution in [2.75, 3.05) is 5.73 Å². The monoisotopic (exact) mass is 365 g/mol. The lowest BCUT2D eigenvalue weighted by atomic mass is 10.6. The third-order valence-corrected chi connectivity index (χ3v) is 2.22. The molecule has 0 aliphatic rings. The number of nitrogen functional groups attached to an aromatic ring is 1. The molecule has 0 bridgehead atoms. The Bertz CT molecular complexity index is 242. The minimum Gasteiger partial charge on any atom is -0.368 e. The Morgan fingerprint density at radius 1 is 1.20 bits per heavy atom. The number of aromatic nitrogens is 2. The van der Waals surface area contributed by atoms with Crippen LogP contribution < -0.4 is 5.73 Å². The minimum absolute atomic E-state index is 0.107. The Labute approximate surface area is 83.9 Å². The first-order valence-electron chi connectivity index (χ1n) is 2.25. The van der Waals surface area contributed by atoms with Crippen molar-refractivity contribution in [3.63, 3.8) is 0 Å². The Morgan fingerprint density at radius 3 is 2.00 bits per heavy atom. The molecular weight excluding hydrogens is 363 g/mol. The summed E-state index contributed by atoms with van der Waals surface area (Å²) in [5.74, 6) is -0.300. The van der Waals surface area contributed by atoms with E-state index in [2.05, 4.69) is 9.97 Å². The lowest BCUT2D eigenvalue weighted by Crippen LogP contribution is -2.02. The van der Waals surface area contributed by atoms with Gasteiger partial charge in [-0.1, -0.05) is 0 Å². The van der Waals surface area contributed by atoms with Crippen LogP contribution >= 0.6 is 45.2 Å². The molecule has 0 atom stereocenters. The van der Waals surface area contributed by atoms with Crippen molar-refractivity contribution in [1.29, 1.82) is 0 Å². The molecule has 10 heavy (non-hydrogen) atoms. The first-order valence-corrected chi connectivity index (χ1v) is 4.41. The van der Waals surface area contributed by atoms with Crippen LogP contribution in [-0.2, 0) is 0 Å². The first-order chi connectivity index (χ1) is 4.61. The van der Waals surface area contributed by atoms with Gasteiger partial charge in [0.05, 0.1) is 0 Å². The van der Waals surface area contributed by atoms with Gasteiger partial charge in [0, 0.05) is 0 Å². The second-order valence-electron chi connectivity index (χ2n) is 1.48. The smallest absolute Gasteiger partial charge is 0.222 e. The van der Waals surface area contributed by atoms with Gasteiger partial charge in [0.15, 0.2) is 5.82 Å². The molecule has 0 fully saturated rings. The maximum Gasteiger partial charge on any atom is 0.222 e. The normalized spacial score (nSPS) is 9.90. The topological polar surface area (TPSA) is 51.8 Å². The molecule has 2 N–H and O–H groups in total. The molecule has 0 amide bonds. The van der Waals surface area contributed by atoms with Gasteiger partial charge >= 0.3 is 0 Å². The predicted octanol–water partition coefficient (Wildman–Crippen LogP) is 1.41. The Morgan fingerprint density at radius 2 is 1.60 bits per heavy atom. The van der Waals surface area contributed by atoms with Gasteiger partial charge in [0.2, 0.25) is 5.95 Å². The highest BCUT2D eigenvalue weighted by molar-refractivity contribution is 14.1. The number of hydrogen-bond donors (Lipinski definition) is 1. The fraction of sp³-hybridized carbons (Fsp3) is 0. The Balaban J connectivity index is 3.31. The van der Waals surface area contributed by atoms with Crippen LogP contribution in [-0.4, -0.2) is 9.97 Å². The summed E-state index contributed by atoms with van der Waals surface area (Å²) in [5.41, 5.74) is 5.23. The number of hydrogen-bond acceptors (Lipinski definition) is 3. The van der Waals surface area contributed by atoms with Crippen LogP contribution in [0.3, 0.4) is 0 Å². The summed E-state index contributed by atoms with van der Waals surface area (Å²) in [6, 6.07) is 0. The lowest BCUT2D eigenvalue weighted by molar-refractivity contribution is 0.595. The highest BCUT2D eigenvalue weighted by Crippen LogP contribution is 2.13.